The van der Waals surface area contributed by atoms with Gasteiger partial charge in [-0.25, -0.2) is 10.5 Å². The largest absolute Gasteiger partial charge is 0.460 e. The highest BCUT2D eigenvalue weighted by molar-refractivity contribution is 7.99. The van der Waals surface area contributed by atoms with E-state index in [1.165, 1.54) is 6.21 Å². The molecule has 0 saturated heterocycles. The summed E-state index contributed by atoms with van der Waals surface area (Å²) in [5, 5.41) is 10.9. The summed E-state index contributed by atoms with van der Waals surface area (Å²) in [6.07, 6.45) is 1.52. The highest BCUT2D eigenvalue weighted by Crippen LogP contribution is 2.13. The van der Waals surface area contributed by atoms with Crippen LogP contribution in [0.3, 0.4) is 0 Å². The molecule has 0 unspecified atom stereocenters. The number of primary amides is 1. The van der Waals surface area contributed by atoms with Gasteiger partial charge in [0.05, 0.1) is 12.0 Å². The number of furan rings is 1. The van der Waals surface area contributed by atoms with Gasteiger partial charge in [0.1, 0.15) is 11.5 Å². The van der Waals surface area contributed by atoms with Crippen molar-refractivity contribution in [3.8, 4) is 0 Å². The number of anilines is 1. The van der Waals surface area contributed by atoms with Crippen LogP contribution in [-0.4, -0.2) is 33.1 Å². The summed E-state index contributed by atoms with van der Waals surface area (Å²) in [6, 6.07) is 3.64. The van der Waals surface area contributed by atoms with Gasteiger partial charge >= 0.3 is 0 Å². The molecule has 0 spiro atoms. The number of aryl methyl sites for hydroxylation is 1. The van der Waals surface area contributed by atoms with Gasteiger partial charge in [-0.1, -0.05) is 11.8 Å². The maximum Gasteiger partial charge on any atom is 0.240 e. The molecule has 4 N–H and O–H groups in total. The fraction of sp³-hybridized carbons (Fsp3) is 0.200. The molecule has 0 saturated carbocycles. The molecular formula is C10H12N6O2S. The molecule has 0 aliphatic carbocycles. The van der Waals surface area contributed by atoms with Crippen molar-refractivity contribution >= 4 is 29.8 Å². The molecule has 0 aliphatic heterocycles. The molecule has 2 aromatic rings. The van der Waals surface area contributed by atoms with Gasteiger partial charge in [0.15, 0.2) is 0 Å². The van der Waals surface area contributed by atoms with Crippen LogP contribution in [0.1, 0.15) is 11.5 Å². The topological polar surface area (TPSA) is 122 Å². The van der Waals surface area contributed by atoms with Crippen molar-refractivity contribution < 1.29 is 9.21 Å². The Kier molecular flexibility index (Phi) is 4.18. The Morgan fingerprint density at radius 3 is 3.21 bits per heavy atom. The van der Waals surface area contributed by atoms with Gasteiger partial charge in [0, 0.05) is 0 Å². The number of aromatic amines is 1. The third kappa shape index (κ3) is 4.14. The standard InChI is InChI=1S/C10H12N6O2S/c1-6-2-3-7(18-6)4-12-14-9-13-10(16-15-9)19-5-8(11)17/h2-4H,5H2,1H3,(H2,11,17)(H2,13,14,15,16)/b12-4+. The van der Waals surface area contributed by atoms with E-state index < -0.39 is 5.91 Å². The molecule has 0 atom stereocenters. The normalized spacial score (nSPS) is 11.0. The SMILES string of the molecule is Cc1ccc(/C=N/Nc2nc(SCC(N)=O)n[nH]2)o1. The van der Waals surface area contributed by atoms with Crippen LogP contribution in [-0.2, 0) is 4.79 Å². The highest BCUT2D eigenvalue weighted by Gasteiger charge is 2.04. The van der Waals surface area contributed by atoms with Crippen molar-refractivity contribution in [2.45, 2.75) is 12.1 Å². The zero-order valence-electron chi connectivity index (χ0n) is 10.1. The van der Waals surface area contributed by atoms with E-state index in [1.807, 2.05) is 13.0 Å². The van der Waals surface area contributed by atoms with Crippen molar-refractivity contribution in [3.05, 3.63) is 23.7 Å². The monoisotopic (exact) mass is 280 g/mol. The van der Waals surface area contributed by atoms with Crippen LogP contribution in [0.25, 0.3) is 0 Å². The summed E-state index contributed by atoms with van der Waals surface area (Å²) in [4.78, 5) is 14.6. The molecule has 100 valence electrons. The smallest absolute Gasteiger partial charge is 0.240 e. The van der Waals surface area contributed by atoms with Gasteiger partial charge in [-0.15, -0.1) is 5.10 Å². The average molecular weight is 280 g/mol. The first-order valence-corrected chi connectivity index (χ1v) is 6.31. The third-order valence-corrected chi connectivity index (χ3v) is 2.80. The molecular weight excluding hydrogens is 268 g/mol. The third-order valence-electron chi connectivity index (χ3n) is 1.93. The van der Waals surface area contributed by atoms with Gasteiger partial charge in [-0.05, 0) is 19.1 Å². The lowest BCUT2D eigenvalue weighted by Gasteiger charge is -1.91. The van der Waals surface area contributed by atoms with Gasteiger partial charge in [0.2, 0.25) is 17.0 Å². The highest BCUT2D eigenvalue weighted by atomic mass is 32.2. The van der Waals surface area contributed by atoms with E-state index in [1.54, 1.807) is 6.07 Å². The Balaban J connectivity index is 1.86. The predicted molar refractivity (Wildman–Crippen MR) is 71.0 cm³/mol. The van der Waals surface area contributed by atoms with Gasteiger partial charge in [-0.3, -0.25) is 4.79 Å². The van der Waals surface area contributed by atoms with E-state index in [4.69, 9.17) is 10.2 Å². The molecule has 2 heterocycles. The van der Waals surface area contributed by atoms with Crippen molar-refractivity contribution in [1.29, 1.82) is 0 Å². The quantitative estimate of drug-likeness (QED) is 0.407. The molecule has 2 rings (SSSR count). The summed E-state index contributed by atoms with van der Waals surface area (Å²) >= 11 is 1.14. The molecule has 0 bridgehead atoms. The summed E-state index contributed by atoms with van der Waals surface area (Å²) in [5.41, 5.74) is 7.68. The fourth-order valence-corrected chi connectivity index (χ4v) is 1.71. The number of hydrogen-bond acceptors (Lipinski definition) is 7. The molecule has 2 aromatic heterocycles. The number of H-pyrrole nitrogens is 1. The number of carbonyl (C=O) groups excluding carboxylic acids is 1. The maximum absolute atomic E-state index is 10.6. The number of thioether (sulfide) groups is 1. The van der Waals surface area contributed by atoms with Gasteiger partial charge < -0.3 is 10.2 Å². The number of amides is 1. The van der Waals surface area contributed by atoms with Crippen molar-refractivity contribution in [1.82, 2.24) is 15.2 Å². The average Bonchev–Trinajstić information content (AvgIpc) is 2.96. The van der Waals surface area contributed by atoms with E-state index in [0.29, 0.717) is 16.9 Å². The summed E-state index contributed by atoms with van der Waals surface area (Å²) in [6.45, 7) is 1.85. The molecule has 1 amide bonds. The lowest BCUT2D eigenvalue weighted by molar-refractivity contribution is -0.115. The van der Waals surface area contributed by atoms with E-state index in [-0.39, 0.29) is 5.75 Å². The molecule has 0 aromatic carbocycles. The summed E-state index contributed by atoms with van der Waals surface area (Å²) in [5.74, 6) is 1.52. The molecule has 19 heavy (non-hydrogen) atoms. The van der Waals surface area contributed by atoms with Crippen LogP contribution in [0.4, 0.5) is 5.95 Å². The van der Waals surface area contributed by atoms with Crippen LogP contribution in [0.2, 0.25) is 0 Å². The number of nitrogens with zero attached hydrogens (tertiary/aromatic N) is 3. The lowest BCUT2D eigenvalue weighted by Crippen LogP contribution is -2.13. The van der Waals surface area contributed by atoms with E-state index >= 15 is 0 Å². The van der Waals surface area contributed by atoms with Crippen molar-refractivity contribution in [3.63, 3.8) is 0 Å². The first kappa shape index (κ1) is 13.1. The Morgan fingerprint density at radius 2 is 2.53 bits per heavy atom. The molecule has 8 nitrogen and oxygen atoms in total. The molecule has 0 fully saturated rings. The first-order chi connectivity index (χ1) is 9.13. The van der Waals surface area contributed by atoms with E-state index in [0.717, 1.165) is 17.5 Å². The minimum atomic E-state index is -0.421. The van der Waals surface area contributed by atoms with Crippen molar-refractivity contribution in [2.24, 2.45) is 10.8 Å². The van der Waals surface area contributed by atoms with Crippen LogP contribution >= 0.6 is 11.8 Å². The predicted octanol–water partition coefficient (Wildman–Crippen LogP) is 0.730. The number of rotatable bonds is 6. The van der Waals surface area contributed by atoms with Gasteiger partial charge in [0.25, 0.3) is 0 Å². The number of hydrogen-bond donors (Lipinski definition) is 3. The lowest BCUT2D eigenvalue weighted by atomic mass is 10.4. The summed E-state index contributed by atoms with van der Waals surface area (Å²) in [7, 11) is 0. The minimum absolute atomic E-state index is 0.131. The van der Waals surface area contributed by atoms with Crippen LogP contribution in [0.5, 0.6) is 0 Å². The maximum atomic E-state index is 10.6. The molecule has 9 heteroatoms. The summed E-state index contributed by atoms with van der Waals surface area (Å²) < 4.78 is 5.30. The van der Waals surface area contributed by atoms with Gasteiger partial charge in [-0.2, -0.15) is 10.1 Å². The van der Waals surface area contributed by atoms with Crippen LogP contribution in [0.15, 0.2) is 26.8 Å². The Hall–Kier alpha value is -2.29. The number of aromatic nitrogens is 3. The number of nitrogens with one attached hydrogen (secondary N) is 2. The number of nitrogens with two attached hydrogens (primary N) is 1. The second-order valence-corrected chi connectivity index (χ2v) is 4.48. The Bertz CT molecular complexity index is 590. The fourth-order valence-electron chi connectivity index (χ4n) is 1.18. The Labute approximate surface area is 112 Å². The zero-order chi connectivity index (χ0) is 13.7. The van der Waals surface area contributed by atoms with Crippen LogP contribution < -0.4 is 11.2 Å². The Morgan fingerprint density at radius 1 is 1.68 bits per heavy atom. The minimum Gasteiger partial charge on any atom is -0.460 e. The zero-order valence-corrected chi connectivity index (χ0v) is 10.9. The number of hydrazone groups is 1. The second-order valence-electron chi connectivity index (χ2n) is 3.54. The number of carbonyl (C=O) groups is 1. The van der Waals surface area contributed by atoms with Crippen molar-refractivity contribution in [2.75, 3.05) is 11.2 Å². The van der Waals surface area contributed by atoms with E-state index in [9.17, 15) is 4.79 Å². The first-order valence-electron chi connectivity index (χ1n) is 5.32. The molecule has 0 aliphatic rings. The van der Waals surface area contributed by atoms with Crippen LogP contribution in [0, 0.1) is 6.92 Å². The molecule has 0 radical (unpaired) electrons. The van der Waals surface area contributed by atoms with E-state index in [2.05, 4.69) is 25.7 Å². The second kappa shape index (κ2) is 6.05.